The van der Waals surface area contributed by atoms with Gasteiger partial charge in [-0.15, -0.1) is 12.4 Å². The topological polar surface area (TPSA) is 59.6 Å². The number of ether oxygens (including phenoxy) is 2. The maximum atomic E-state index is 12.3. The summed E-state index contributed by atoms with van der Waals surface area (Å²) in [5.41, 5.74) is 2.00. The highest BCUT2D eigenvalue weighted by Gasteiger charge is 2.29. The summed E-state index contributed by atoms with van der Waals surface area (Å²) < 4.78 is 46.6. The third-order valence-electron chi connectivity index (χ3n) is 3.93. The Bertz CT molecular complexity index is 651. The number of rotatable bonds is 8. The van der Waals surface area contributed by atoms with Gasteiger partial charge in [-0.1, -0.05) is 17.7 Å². The lowest BCUT2D eigenvalue weighted by Gasteiger charge is -2.15. The molecule has 0 atom stereocenters. The number of nitrogens with one attached hydrogen (secondary N) is 2. The van der Waals surface area contributed by atoms with Gasteiger partial charge in [0, 0.05) is 19.5 Å². The van der Waals surface area contributed by atoms with E-state index in [0.717, 1.165) is 25.1 Å². The lowest BCUT2D eigenvalue weighted by molar-refractivity contribution is -0.153. The van der Waals surface area contributed by atoms with Crippen molar-refractivity contribution in [1.82, 2.24) is 10.6 Å². The van der Waals surface area contributed by atoms with Gasteiger partial charge in [-0.3, -0.25) is 4.79 Å². The number of hydrogen-bond acceptors (Lipinski definition) is 4. The van der Waals surface area contributed by atoms with E-state index in [1.54, 1.807) is 12.1 Å². The highest BCUT2D eigenvalue weighted by atomic mass is 35.5. The molecule has 1 aliphatic rings. The third kappa shape index (κ3) is 8.53. The molecule has 0 aromatic heterocycles. The second-order valence-electron chi connectivity index (χ2n) is 5.98. The molecule has 0 radical (unpaired) electrons. The van der Waals surface area contributed by atoms with E-state index in [1.807, 2.05) is 0 Å². The van der Waals surface area contributed by atoms with Crippen molar-refractivity contribution in [2.75, 3.05) is 33.4 Å². The first-order valence-electron chi connectivity index (χ1n) is 8.39. The van der Waals surface area contributed by atoms with Crippen LogP contribution in [0.5, 0.6) is 11.5 Å². The van der Waals surface area contributed by atoms with Crippen LogP contribution in [0.1, 0.15) is 18.4 Å². The van der Waals surface area contributed by atoms with E-state index >= 15 is 0 Å². The highest BCUT2D eigenvalue weighted by molar-refractivity contribution is 5.85. The summed E-state index contributed by atoms with van der Waals surface area (Å²) >= 11 is 0. The summed E-state index contributed by atoms with van der Waals surface area (Å²) in [7, 11) is 1.36. The van der Waals surface area contributed by atoms with Gasteiger partial charge in [0.2, 0.25) is 5.91 Å². The number of benzene rings is 1. The molecule has 0 unspecified atom stereocenters. The van der Waals surface area contributed by atoms with Crippen LogP contribution in [0.15, 0.2) is 29.8 Å². The zero-order chi connectivity index (χ0) is 19.0. The average Bonchev–Trinajstić information content (AvgIpc) is 2.63. The number of halogens is 4. The van der Waals surface area contributed by atoms with Crippen LogP contribution < -0.4 is 20.1 Å². The largest absolute Gasteiger partial charge is 0.493 e. The molecule has 1 aromatic carbocycles. The van der Waals surface area contributed by atoms with Crippen molar-refractivity contribution in [3.05, 3.63) is 35.4 Å². The van der Waals surface area contributed by atoms with Crippen molar-refractivity contribution in [3.63, 3.8) is 0 Å². The molecule has 0 bridgehead atoms. The number of hydrogen-bond donors (Lipinski definition) is 2. The van der Waals surface area contributed by atoms with E-state index in [-0.39, 0.29) is 36.2 Å². The number of carbonyl (C=O) groups excluding carboxylic acids is 1. The average molecular weight is 409 g/mol. The Morgan fingerprint density at radius 1 is 1.30 bits per heavy atom. The Kier molecular flexibility index (Phi) is 9.45. The van der Waals surface area contributed by atoms with Crippen LogP contribution in [0, 0.1) is 0 Å². The van der Waals surface area contributed by atoms with E-state index < -0.39 is 12.8 Å². The summed E-state index contributed by atoms with van der Waals surface area (Å²) in [4.78, 5) is 12.0. The highest BCUT2D eigenvalue weighted by Crippen LogP contribution is 2.30. The normalized spacial score (nSPS) is 14.0. The third-order valence-corrected chi connectivity index (χ3v) is 3.93. The molecule has 2 N–H and O–H groups in total. The minimum atomic E-state index is -4.41. The van der Waals surface area contributed by atoms with Gasteiger partial charge < -0.3 is 20.1 Å². The predicted octanol–water partition coefficient (Wildman–Crippen LogP) is 3.03. The molecule has 1 heterocycles. The van der Waals surface area contributed by atoms with E-state index in [1.165, 1.54) is 18.7 Å². The maximum absolute atomic E-state index is 12.3. The van der Waals surface area contributed by atoms with E-state index in [9.17, 15) is 18.0 Å². The fraction of sp³-hybridized carbons (Fsp3) is 0.500. The van der Waals surface area contributed by atoms with Gasteiger partial charge in [0.1, 0.15) is 0 Å². The van der Waals surface area contributed by atoms with Crippen LogP contribution in [0.2, 0.25) is 0 Å². The summed E-state index contributed by atoms with van der Waals surface area (Å²) in [5.74, 6) is 0.170. The Morgan fingerprint density at radius 2 is 2.07 bits per heavy atom. The van der Waals surface area contributed by atoms with E-state index in [4.69, 9.17) is 9.47 Å². The van der Waals surface area contributed by atoms with Crippen molar-refractivity contribution in [2.45, 2.75) is 25.4 Å². The first kappa shape index (κ1) is 23.1. The maximum Gasteiger partial charge on any atom is 0.422 e. The van der Waals surface area contributed by atoms with Gasteiger partial charge in [-0.2, -0.15) is 13.2 Å². The lowest BCUT2D eigenvalue weighted by atomic mass is 10.1. The standard InChI is InChI=1S/C18H23F3N2O3.ClH/c1-25-16-10-13(2-4-15(16)26-12-18(19,20)21)3-5-17(24)23-11-14-6-8-22-9-7-14;/h2,4,6,10,22H,3,5,7-9,11-12H2,1H3,(H,23,24);1H. The summed E-state index contributed by atoms with van der Waals surface area (Å²) in [6.07, 6.45) is -0.656. The molecule has 0 saturated heterocycles. The number of aryl methyl sites for hydroxylation is 1. The molecule has 1 aromatic rings. The smallest absolute Gasteiger partial charge is 0.422 e. The number of methoxy groups -OCH3 is 1. The Balaban J connectivity index is 0.00000364. The molecule has 1 amide bonds. The Hall–Kier alpha value is -1.93. The summed E-state index contributed by atoms with van der Waals surface area (Å²) in [5, 5.41) is 6.09. The predicted molar refractivity (Wildman–Crippen MR) is 98.7 cm³/mol. The zero-order valence-corrected chi connectivity index (χ0v) is 15.8. The second-order valence-corrected chi connectivity index (χ2v) is 5.98. The number of alkyl halides is 3. The molecule has 0 spiro atoms. The van der Waals surface area contributed by atoms with E-state index in [2.05, 4.69) is 16.7 Å². The van der Waals surface area contributed by atoms with Crippen LogP contribution in [0.3, 0.4) is 0 Å². The molecular formula is C18H24ClF3N2O3. The first-order valence-corrected chi connectivity index (χ1v) is 8.39. The van der Waals surface area contributed by atoms with Gasteiger partial charge in [-0.05, 0) is 37.1 Å². The van der Waals surface area contributed by atoms with Crippen LogP contribution in [-0.2, 0) is 11.2 Å². The molecule has 5 nitrogen and oxygen atoms in total. The van der Waals surface area contributed by atoms with E-state index in [0.29, 0.717) is 13.0 Å². The minimum absolute atomic E-state index is 0. The number of amides is 1. The number of carbonyl (C=O) groups is 1. The van der Waals surface area contributed by atoms with Crippen molar-refractivity contribution in [1.29, 1.82) is 0 Å². The summed E-state index contributed by atoms with van der Waals surface area (Å²) in [6, 6.07) is 4.66. The molecule has 0 aliphatic carbocycles. The van der Waals surface area contributed by atoms with Crippen molar-refractivity contribution in [3.8, 4) is 11.5 Å². The van der Waals surface area contributed by atoms with Gasteiger partial charge in [0.15, 0.2) is 18.1 Å². The fourth-order valence-electron chi connectivity index (χ4n) is 2.53. The minimum Gasteiger partial charge on any atom is -0.493 e. The van der Waals surface area contributed by atoms with Crippen molar-refractivity contribution < 1.29 is 27.4 Å². The molecule has 0 saturated carbocycles. The second kappa shape index (κ2) is 11.0. The molecule has 9 heteroatoms. The molecule has 27 heavy (non-hydrogen) atoms. The van der Waals surface area contributed by atoms with Gasteiger partial charge >= 0.3 is 6.18 Å². The fourth-order valence-corrected chi connectivity index (χ4v) is 2.53. The molecule has 152 valence electrons. The lowest BCUT2D eigenvalue weighted by Crippen LogP contribution is -2.29. The van der Waals surface area contributed by atoms with Crippen LogP contribution in [0.4, 0.5) is 13.2 Å². The van der Waals surface area contributed by atoms with Crippen LogP contribution in [-0.4, -0.2) is 45.4 Å². The monoisotopic (exact) mass is 408 g/mol. The van der Waals surface area contributed by atoms with Crippen molar-refractivity contribution >= 4 is 18.3 Å². The first-order chi connectivity index (χ1) is 12.4. The molecule has 1 aliphatic heterocycles. The molecule has 0 fully saturated rings. The molecule has 2 rings (SSSR count). The quantitative estimate of drug-likeness (QED) is 0.649. The summed E-state index contributed by atoms with van der Waals surface area (Å²) in [6.45, 7) is 0.919. The SMILES string of the molecule is COc1cc(CCC(=O)NCC2=CCNCC2)ccc1OCC(F)(F)F.Cl. The van der Waals surface area contributed by atoms with Gasteiger partial charge in [-0.25, -0.2) is 0 Å². The Labute approximate surface area is 162 Å². The zero-order valence-electron chi connectivity index (χ0n) is 15.0. The van der Waals surface area contributed by atoms with Gasteiger partial charge in [0.25, 0.3) is 0 Å². The van der Waals surface area contributed by atoms with Gasteiger partial charge in [0.05, 0.1) is 7.11 Å². The molecular weight excluding hydrogens is 385 g/mol. The van der Waals surface area contributed by atoms with Crippen LogP contribution >= 0.6 is 12.4 Å². The van der Waals surface area contributed by atoms with Crippen LogP contribution in [0.25, 0.3) is 0 Å². The Morgan fingerprint density at radius 3 is 2.70 bits per heavy atom. The van der Waals surface area contributed by atoms with Crippen molar-refractivity contribution in [2.24, 2.45) is 0 Å².